The summed E-state index contributed by atoms with van der Waals surface area (Å²) in [6.07, 6.45) is 6.83. The first-order chi connectivity index (χ1) is 9.33. The molecule has 1 aromatic carbocycles. The van der Waals surface area contributed by atoms with E-state index in [4.69, 9.17) is 0 Å². The highest BCUT2D eigenvalue weighted by molar-refractivity contribution is 7.12. The van der Waals surface area contributed by atoms with Crippen LogP contribution in [-0.4, -0.2) is 4.98 Å². The molecule has 92 valence electrons. The van der Waals surface area contributed by atoms with Gasteiger partial charge in [0.05, 0.1) is 10.7 Å². The number of aryl methyl sites for hydroxylation is 1. The number of allylic oxidation sites excluding steroid dienone is 4. The van der Waals surface area contributed by atoms with Crippen molar-refractivity contribution in [2.75, 3.05) is 0 Å². The van der Waals surface area contributed by atoms with Gasteiger partial charge < -0.3 is 0 Å². The second-order valence-electron chi connectivity index (χ2n) is 4.37. The summed E-state index contributed by atoms with van der Waals surface area (Å²) in [5.41, 5.74) is 9.60. The monoisotopic (exact) mass is 263 g/mol. The van der Waals surface area contributed by atoms with Crippen LogP contribution in [0.5, 0.6) is 0 Å². The van der Waals surface area contributed by atoms with E-state index in [0.717, 1.165) is 22.7 Å². The molecule has 0 N–H and O–H groups in total. The Morgan fingerprint density at radius 3 is 2.79 bits per heavy atom. The van der Waals surface area contributed by atoms with E-state index in [-0.39, 0.29) is 0 Å². The largest absolute Gasteiger partial charge is 0.241 e. The van der Waals surface area contributed by atoms with Crippen LogP contribution < -0.4 is 0 Å². The Bertz CT molecular complexity index is 722. The molecule has 1 heterocycles. The van der Waals surface area contributed by atoms with Crippen LogP contribution in [0.15, 0.2) is 65.6 Å². The van der Waals surface area contributed by atoms with Gasteiger partial charge in [0.2, 0.25) is 0 Å². The maximum atomic E-state index is 4.67. The molecule has 0 fully saturated rings. The molecule has 3 rings (SSSR count). The highest BCUT2D eigenvalue weighted by Crippen LogP contribution is 2.30. The van der Waals surface area contributed by atoms with E-state index in [2.05, 4.69) is 53.7 Å². The molecule has 2 heteroatoms. The number of benzene rings is 1. The van der Waals surface area contributed by atoms with Crippen LogP contribution in [0, 0.1) is 6.92 Å². The number of thiazole rings is 1. The van der Waals surface area contributed by atoms with Crippen molar-refractivity contribution in [2.45, 2.75) is 13.3 Å². The number of rotatable bonds is 3. The third kappa shape index (κ3) is 2.67. The van der Waals surface area contributed by atoms with Gasteiger partial charge in [0, 0.05) is 22.4 Å². The molecule has 0 saturated carbocycles. The van der Waals surface area contributed by atoms with Crippen LogP contribution >= 0.6 is 11.3 Å². The van der Waals surface area contributed by atoms with Gasteiger partial charge in [0.25, 0.3) is 0 Å². The zero-order valence-corrected chi connectivity index (χ0v) is 11.5. The molecule has 0 unspecified atom stereocenters. The van der Waals surface area contributed by atoms with Gasteiger partial charge in [-0.1, -0.05) is 47.9 Å². The van der Waals surface area contributed by atoms with Gasteiger partial charge in [-0.3, -0.25) is 0 Å². The fraction of sp³-hybridized carbons (Fsp3) is 0.118. The van der Waals surface area contributed by atoms with Crippen LogP contribution in [0.25, 0.3) is 11.3 Å². The van der Waals surface area contributed by atoms with Gasteiger partial charge in [0.1, 0.15) is 0 Å². The molecule has 0 radical (unpaired) electrons. The molecule has 1 aromatic heterocycles. The molecule has 1 aliphatic carbocycles. The molecule has 0 spiro atoms. The van der Waals surface area contributed by atoms with Gasteiger partial charge in [-0.25, -0.2) is 4.98 Å². The molecule has 1 aliphatic rings. The first-order valence-electron chi connectivity index (χ1n) is 6.22. The smallest absolute Gasteiger partial charge is 0.0904 e. The minimum Gasteiger partial charge on any atom is -0.241 e. The Morgan fingerprint density at radius 1 is 1.21 bits per heavy atom. The van der Waals surface area contributed by atoms with Crippen molar-refractivity contribution >= 4 is 11.3 Å². The number of hydrogen-bond donors (Lipinski definition) is 0. The second kappa shape index (κ2) is 5.26. The van der Waals surface area contributed by atoms with Crippen molar-refractivity contribution in [3.63, 3.8) is 0 Å². The molecule has 0 bridgehead atoms. The third-order valence-electron chi connectivity index (χ3n) is 2.91. The van der Waals surface area contributed by atoms with Crippen LogP contribution in [0.3, 0.4) is 0 Å². The molecule has 0 amide bonds. The summed E-state index contributed by atoms with van der Waals surface area (Å²) in [5.74, 6) is 0. The molecule has 0 aliphatic heterocycles. The van der Waals surface area contributed by atoms with E-state index in [0.29, 0.717) is 0 Å². The summed E-state index contributed by atoms with van der Waals surface area (Å²) in [4.78, 5) is 5.96. The second-order valence-corrected chi connectivity index (χ2v) is 5.66. The lowest BCUT2D eigenvalue weighted by atomic mass is 10.1. The zero-order valence-electron chi connectivity index (χ0n) is 10.7. The van der Waals surface area contributed by atoms with Crippen molar-refractivity contribution < 1.29 is 0 Å². The van der Waals surface area contributed by atoms with Gasteiger partial charge in [-0.15, -0.1) is 11.3 Å². The predicted molar refractivity (Wildman–Crippen MR) is 80.2 cm³/mol. The quantitative estimate of drug-likeness (QED) is 0.745. The van der Waals surface area contributed by atoms with E-state index in [1.54, 1.807) is 11.3 Å². The minimum atomic E-state index is 0.868. The molecule has 1 nitrogen and oxygen atoms in total. The fourth-order valence-electron chi connectivity index (χ4n) is 2.08. The highest BCUT2D eigenvalue weighted by atomic mass is 32.1. The maximum absolute atomic E-state index is 4.67. The summed E-state index contributed by atoms with van der Waals surface area (Å²) in [7, 11) is 0. The topological polar surface area (TPSA) is 12.9 Å². The average Bonchev–Trinajstić information content (AvgIpc) is 2.82. The summed E-state index contributed by atoms with van der Waals surface area (Å²) < 4.78 is 0. The Labute approximate surface area is 117 Å². The van der Waals surface area contributed by atoms with E-state index in [1.165, 1.54) is 10.4 Å². The summed E-state index contributed by atoms with van der Waals surface area (Å²) in [6.45, 7) is 2.06. The van der Waals surface area contributed by atoms with Crippen molar-refractivity contribution in [3.8, 4) is 11.3 Å². The zero-order chi connectivity index (χ0) is 13.1. The Morgan fingerprint density at radius 2 is 2.05 bits per heavy atom. The molecule has 2 aromatic rings. The maximum Gasteiger partial charge on any atom is 0.0904 e. The van der Waals surface area contributed by atoms with Gasteiger partial charge in [0.15, 0.2) is 0 Å². The van der Waals surface area contributed by atoms with Gasteiger partial charge >= 0.3 is 0 Å². The molecular weight excluding hydrogens is 250 g/mol. The van der Waals surface area contributed by atoms with Crippen LogP contribution in [-0.2, 0) is 6.42 Å². The highest BCUT2D eigenvalue weighted by Gasteiger charge is 2.12. The summed E-state index contributed by atoms with van der Waals surface area (Å²) in [5, 5.41) is 1.11. The minimum absolute atomic E-state index is 0.868. The van der Waals surface area contributed by atoms with E-state index < -0.39 is 0 Å². The Kier molecular flexibility index (Phi) is 3.31. The van der Waals surface area contributed by atoms with Crippen molar-refractivity contribution in [2.24, 2.45) is 0 Å². The summed E-state index contributed by atoms with van der Waals surface area (Å²) >= 11 is 1.76. The molecule has 19 heavy (non-hydrogen) atoms. The fourth-order valence-corrected chi connectivity index (χ4v) is 3.06. The van der Waals surface area contributed by atoms with Crippen molar-refractivity contribution in [3.05, 3.63) is 75.5 Å². The SMILES string of the molecule is Cc1nc(-c2ccccc2)c(CC2=C=C=CC=C2)s1. The van der Waals surface area contributed by atoms with Crippen LogP contribution in [0.4, 0.5) is 0 Å². The lowest BCUT2D eigenvalue weighted by molar-refractivity contribution is 1.21. The van der Waals surface area contributed by atoms with Crippen LogP contribution in [0.2, 0.25) is 0 Å². The standard InChI is InChI=1S/C17H13NS/c1-13-18-17(15-10-6-3-7-11-15)16(19-13)12-14-8-4-2-5-9-14/h2-4,6-8,10-11H,12H2,1H3. The molecule has 0 atom stereocenters. The molecular formula is C17H13NS. The Hall–Kier alpha value is -2.11. The average molecular weight is 263 g/mol. The molecule has 0 saturated heterocycles. The lowest BCUT2D eigenvalue weighted by Gasteiger charge is -2.02. The van der Waals surface area contributed by atoms with Crippen LogP contribution in [0.1, 0.15) is 9.88 Å². The predicted octanol–water partition coefficient (Wildman–Crippen LogP) is 4.47. The van der Waals surface area contributed by atoms with Crippen molar-refractivity contribution in [1.82, 2.24) is 4.98 Å². The van der Waals surface area contributed by atoms with E-state index >= 15 is 0 Å². The third-order valence-corrected chi connectivity index (χ3v) is 3.88. The first-order valence-corrected chi connectivity index (χ1v) is 7.03. The summed E-state index contributed by atoms with van der Waals surface area (Å²) in [6, 6.07) is 10.4. The normalized spacial score (nSPS) is 12.8. The Balaban J connectivity index is 2.01. The number of hydrogen-bond acceptors (Lipinski definition) is 2. The van der Waals surface area contributed by atoms with E-state index in [1.807, 2.05) is 18.2 Å². The number of aromatic nitrogens is 1. The van der Waals surface area contributed by atoms with Gasteiger partial charge in [-0.05, 0) is 19.1 Å². The lowest BCUT2D eigenvalue weighted by Crippen LogP contribution is -1.88. The first kappa shape index (κ1) is 12.0. The van der Waals surface area contributed by atoms with Gasteiger partial charge in [-0.2, -0.15) is 0 Å². The number of nitrogens with zero attached hydrogens (tertiary/aromatic N) is 1. The van der Waals surface area contributed by atoms with E-state index in [9.17, 15) is 0 Å². The van der Waals surface area contributed by atoms with Crippen molar-refractivity contribution in [1.29, 1.82) is 0 Å².